The monoisotopic (exact) mass is 505 g/mol. The minimum atomic E-state index is -3.61. The molecule has 2 aliphatic rings. The molecule has 3 aromatic rings. The summed E-state index contributed by atoms with van der Waals surface area (Å²) in [5.41, 5.74) is 11.3. The molecular weight excluding hydrogens is 470 g/mol. The highest BCUT2D eigenvalue weighted by molar-refractivity contribution is 7.89. The van der Waals surface area contributed by atoms with Crippen molar-refractivity contribution in [3.05, 3.63) is 89.0 Å². The highest BCUT2D eigenvalue weighted by Crippen LogP contribution is 2.34. The van der Waals surface area contributed by atoms with E-state index in [1.54, 1.807) is 16.6 Å². The first-order valence-corrected chi connectivity index (χ1v) is 14.4. The molecule has 0 fully saturated rings. The number of fused-ring (bicyclic) bond motifs is 2. The van der Waals surface area contributed by atoms with Crippen molar-refractivity contribution in [2.45, 2.75) is 62.6 Å². The predicted octanol–water partition coefficient (Wildman–Crippen LogP) is 3.84. The van der Waals surface area contributed by atoms with Crippen molar-refractivity contribution in [1.29, 1.82) is 0 Å². The number of hydrogen-bond acceptors (Lipinski definition) is 6. The lowest BCUT2D eigenvalue weighted by molar-refractivity contribution is 0.163. The fourth-order valence-corrected chi connectivity index (χ4v) is 6.94. The Morgan fingerprint density at radius 3 is 2.69 bits per heavy atom. The van der Waals surface area contributed by atoms with Crippen LogP contribution in [0.2, 0.25) is 0 Å². The average molecular weight is 506 g/mol. The van der Waals surface area contributed by atoms with Crippen molar-refractivity contribution in [3.8, 4) is 0 Å². The summed E-state index contributed by atoms with van der Waals surface area (Å²) in [6.07, 6.45) is 9.54. The molecule has 1 atom stereocenters. The van der Waals surface area contributed by atoms with Crippen molar-refractivity contribution < 1.29 is 8.42 Å². The Morgan fingerprint density at radius 2 is 1.83 bits per heavy atom. The molecule has 7 nitrogen and oxygen atoms in total. The number of nitrogens with zero attached hydrogens (tertiary/aromatic N) is 4. The molecule has 1 aromatic carbocycles. The van der Waals surface area contributed by atoms with Crippen LogP contribution in [0.5, 0.6) is 0 Å². The number of pyridine rings is 2. The van der Waals surface area contributed by atoms with Crippen LogP contribution < -0.4 is 5.73 Å². The molecule has 0 amide bonds. The number of sulfonamides is 1. The standard InChI is InChI=1S/C28H35N5O2S/c29-14-1-2-17-32(27-12-4-8-24-10-6-16-31-28(24)27)20-22-7-3-11-25(19-22)36(34,35)33-18-13-23-9-5-15-30-26(23)21-33/h3,5-7,9-11,15-16,19,27H,1-2,4,8,12-14,17-18,20-21,29H2. The summed E-state index contributed by atoms with van der Waals surface area (Å²) in [6, 6.07) is 15.8. The molecule has 5 rings (SSSR count). The maximum atomic E-state index is 13.6. The van der Waals surface area contributed by atoms with Crippen LogP contribution in [-0.4, -0.2) is 47.2 Å². The zero-order chi connectivity index (χ0) is 25.0. The van der Waals surface area contributed by atoms with E-state index >= 15 is 0 Å². The number of aryl methyl sites for hydroxylation is 1. The summed E-state index contributed by atoms with van der Waals surface area (Å²) in [7, 11) is -3.61. The smallest absolute Gasteiger partial charge is 0.243 e. The number of nitrogens with two attached hydrogens (primary N) is 1. The third-order valence-electron chi connectivity index (χ3n) is 7.37. The second kappa shape index (κ2) is 11.2. The van der Waals surface area contributed by atoms with E-state index in [0.29, 0.717) is 37.5 Å². The third-order valence-corrected chi connectivity index (χ3v) is 9.21. The minimum Gasteiger partial charge on any atom is -0.330 e. The quantitative estimate of drug-likeness (QED) is 0.444. The first kappa shape index (κ1) is 25.0. The van der Waals surface area contributed by atoms with Gasteiger partial charge in [-0.15, -0.1) is 0 Å². The minimum absolute atomic E-state index is 0.234. The largest absolute Gasteiger partial charge is 0.330 e. The van der Waals surface area contributed by atoms with Gasteiger partial charge in [0, 0.05) is 25.5 Å². The Morgan fingerprint density at radius 1 is 1.00 bits per heavy atom. The van der Waals surface area contributed by atoms with E-state index in [0.717, 1.165) is 55.5 Å². The Hall–Kier alpha value is -2.65. The highest BCUT2D eigenvalue weighted by atomic mass is 32.2. The fourth-order valence-electron chi connectivity index (χ4n) is 5.47. The number of benzene rings is 1. The van der Waals surface area contributed by atoms with Crippen LogP contribution in [0.4, 0.5) is 0 Å². The first-order chi connectivity index (χ1) is 17.6. The number of hydrogen-bond donors (Lipinski definition) is 1. The lowest BCUT2D eigenvalue weighted by Gasteiger charge is -2.35. The maximum absolute atomic E-state index is 13.6. The molecule has 1 aliphatic carbocycles. The molecule has 1 aliphatic heterocycles. The molecule has 0 spiro atoms. The van der Waals surface area contributed by atoms with Gasteiger partial charge < -0.3 is 5.73 Å². The Bertz CT molecular complexity index is 1300. The van der Waals surface area contributed by atoms with Gasteiger partial charge in [-0.25, -0.2) is 8.42 Å². The second-order valence-corrected chi connectivity index (χ2v) is 11.7. The van der Waals surface area contributed by atoms with Crippen LogP contribution in [0.1, 0.15) is 59.8 Å². The van der Waals surface area contributed by atoms with Crippen molar-refractivity contribution >= 4 is 10.0 Å². The van der Waals surface area contributed by atoms with E-state index in [-0.39, 0.29) is 6.04 Å². The molecular formula is C28H35N5O2S. The van der Waals surface area contributed by atoms with Crippen LogP contribution in [0, 0.1) is 0 Å². The topological polar surface area (TPSA) is 92.4 Å². The number of unbranched alkanes of at least 4 members (excludes halogenated alkanes) is 1. The number of rotatable bonds is 9. The van der Waals surface area contributed by atoms with Gasteiger partial charge in [0.1, 0.15) is 0 Å². The van der Waals surface area contributed by atoms with Gasteiger partial charge in [0.05, 0.1) is 28.9 Å². The SMILES string of the molecule is NCCCCN(Cc1cccc(S(=O)(=O)N2CCc3cccnc3C2)c1)C1CCCc2cccnc21. The molecule has 0 bridgehead atoms. The van der Waals surface area contributed by atoms with Gasteiger partial charge in [0.25, 0.3) is 0 Å². The molecule has 8 heteroatoms. The zero-order valence-corrected chi connectivity index (χ0v) is 21.5. The predicted molar refractivity (Wildman–Crippen MR) is 141 cm³/mol. The summed E-state index contributed by atoms with van der Waals surface area (Å²) in [4.78, 5) is 12.0. The van der Waals surface area contributed by atoms with Gasteiger partial charge in [0.2, 0.25) is 10.0 Å². The molecule has 2 aromatic heterocycles. The van der Waals surface area contributed by atoms with Crippen molar-refractivity contribution in [2.24, 2.45) is 5.73 Å². The first-order valence-electron chi connectivity index (χ1n) is 13.0. The normalized spacial score (nSPS) is 18.1. The molecule has 190 valence electrons. The second-order valence-electron chi connectivity index (χ2n) is 9.77. The molecule has 0 radical (unpaired) electrons. The summed E-state index contributed by atoms with van der Waals surface area (Å²) >= 11 is 0. The van der Waals surface area contributed by atoms with Gasteiger partial charge in [0.15, 0.2) is 0 Å². The molecule has 0 saturated carbocycles. The molecule has 0 saturated heterocycles. The van der Waals surface area contributed by atoms with E-state index in [2.05, 4.69) is 16.0 Å². The Kier molecular flexibility index (Phi) is 7.76. The zero-order valence-electron chi connectivity index (χ0n) is 20.7. The fraction of sp³-hybridized carbons (Fsp3) is 0.429. The van der Waals surface area contributed by atoms with E-state index in [1.807, 2.05) is 42.6 Å². The summed E-state index contributed by atoms with van der Waals surface area (Å²) in [6.45, 7) is 3.05. The lowest BCUT2D eigenvalue weighted by Crippen LogP contribution is -2.36. The number of aromatic nitrogens is 2. The maximum Gasteiger partial charge on any atom is 0.243 e. The van der Waals surface area contributed by atoms with E-state index in [4.69, 9.17) is 10.7 Å². The summed E-state index contributed by atoms with van der Waals surface area (Å²) in [5.74, 6) is 0. The van der Waals surface area contributed by atoms with Crippen LogP contribution in [-0.2, 0) is 36.0 Å². The Balaban J connectivity index is 1.38. The van der Waals surface area contributed by atoms with E-state index < -0.39 is 10.0 Å². The average Bonchev–Trinajstić information content (AvgIpc) is 2.92. The van der Waals surface area contributed by atoms with Crippen LogP contribution in [0.3, 0.4) is 0 Å². The van der Waals surface area contributed by atoms with Gasteiger partial charge in [-0.1, -0.05) is 24.3 Å². The van der Waals surface area contributed by atoms with Crippen LogP contribution in [0.25, 0.3) is 0 Å². The van der Waals surface area contributed by atoms with Gasteiger partial charge in [-0.05, 0) is 92.6 Å². The summed E-state index contributed by atoms with van der Waals surface area (Å²) in [5, 5.41) is 0. The highest BCUT2D eigenvalue weighted by Gasteiger charge is 2.30. The van der Waals surface area contributed by atoms with Crippen LogP contribution in [0.15, 0.2) is 65.8 Å². The van der Waals surface area contributed by atoms with Crippen LogP contribution >= 0.6 is 0 Å². The van der Waals surface area contributed by atoms with Gasteiger partial charge in [-0.2, -0.15) is 4.31 Å². The van der Waals surface area contributed by atoms with E-state index in [1.165, 1.54) is 11.3 Å². The molecule has 3 heterocycles. The summed E-state index contributed by atoms with van der Waals surface area (Å²) < 4.78 is 28.7. The third kappa shape index (κ3) is 5.37. The molecule has 36 heavy (non-hydrogen) atoms. The van der Waals surface area contributed by atoms with Crippen molar-refractivity contribution in [1.82, 2.24) is 19.2 Å². The van der Waals surface area contributed by atoms with Gasteiger partial charge >= 0.3 is 0 Å². The Labute approximate surface area is 214 Å². The molecule has 1 unspecified atom stereocenters. The van der Waals surface area contributed by atoms with Gasteiger partial charge in [-0.3, -0.25) is 14.9 Å². The lowest BCUT2D eigenvalue weighted by atomic mass is 9.90. The molecule has 2 N–H and O–H groups in total. The van der Waals surface area contributed by atoms with Crippen molar-refractivity contribution in [2.75, 3.05) is 19.6 Å². The van der Waals surface area contributed by atoms with E-state index in [9.17, 15) is 8.42 Å². The van der Waals surface area contributed by atoms with Crippen molar-refractivity contribution in [3.63, 3.8) is 0 Å².